The zero-order chi connectivity index (χ0) is 18.4. The Hall–Kier alpha value is -2.28. The second kappa shape index (κ2) is 6.71. The Kier molecular flexibility index (Phi) is 4.19. The van der Waals surface area contributed by atoms with Crippen molar-refractivity contribution >= 4 is 27.5 Å². The lowest BCUT2D eigenvalue weighted by atomic mass is 9.94. The molecule has 2 atom stereocenters. The monoisotopic (exact) mass is 381 g/mol. The first-order chi connectivity index (χ1) is 13.2. The highest BCUT2D eigenvalue weighted by atomic mass is 32.1. The number of carbonyl (C=O) groups excluding carboxylic acids is 1. The van der Waals surface area contributed by atoms with Crippen LogP contribution in [0.15, 0.2) is 24.3 Å². The Morgan fingerprint density at radius 1 is 1.19 bits per heavy atom. The van der Waals surface area contributed by atoms with E-state index in [0.29, 0.717) is 6.54 Å². The molecular weight excluding hydrogens is 358 g/mol. The number of carbonyl (C=O) groups is 1. The number of piperidine rings is 1. The third-order valence-electron chi connectivity index (χ3n) is 5.86. The van der Waals surface area contributed by atoms with Crippen LogP contribution in [0, 0.1) is 12.8 Å². The molecule has 0 radical (unpaired) electrons. The lowest BCUT2D eigenvalue weighted by molar-refractivity contribution is -0.140. The van der Waals surface area contributed by atoms with Crippen molar-refractivity contribution in [1.29, 1.82) is 0 Å². The van der Waals surface area contributed by atoms with Crippen LogP contribution < -0.4 is 0 Å². The highest BCUT2D eigenvalue weighted by molar-refractivity contribution is 7.18. The normalized spacial score (nSPS) is 22.8. The molecule has 2 aliphatic heterocycles. The van der Waals surface area contributed by atoms with Crippen LogP contribution >= 0.6 is 11.3 Å². The molecule has 6 nitrogen and oxygen atoms in total. The molecule has 0 unspecified atom stereocenters. The van der Waals surface area contributed by atoms with Gasteiger partial charge in [0, 0.05) is 19.5 Å². The van der Waals surface area contributed by atoms with Crippen LogP contribution in [0.3, 0.4) is 0 Å². The molecule has 0 N–H and O–H groups in total. The Morgan fingerprint density at radius 2 is 2.07 bits per heavy atom. The summed E-state index contributed by atoms with van der Waals surface area (Å²) in [6.45, 7) is 3.51. The second-order valence-corrected chi connectivity index (χ2v) is 8.63. The van der Waals surface area contributed by atoms with Crippen LogP contribution in [-0.4, -0.2) is 37.1 Å². The molecule has 0 saturated carbocycles. The van der Waals surface area contributed by atoms with Gasteiger partial charge in [0.1, 0.15) is 16.7 Å². The Morgan fingerprint density at radius 3 is 2.96 bits per heavy atom. The fourth-order valence-electron chi connectivity index (χ4n) is 4.38. The van der Waals surface area contributed by atoms with Crippen LogP contribution in [0.5, 0.6) is 0 Å². The summed E-state index contributed by atoms with van der Waals surface area (Å²) in [5.41, 5.74) is 1.04. The van der Waals surface area contributed by atoms with Crippen molar-refractivity contribution < 1.29 is 4.79 Å². The first kappa shape index (κ1) is 16.9. The number of likely N-dealkylation sites (tertiary alicyclic amines) is 1. The van der Waals surface area contributed by atoms with Gasteiger partial charge >= 0.3 is 0 Å². The summed E-state index contributed by atoms with van der Waals surface area (Å²) < 4.78 is 3.32. The molecule has 1 amide bonds. The molecule has 0 bridgehead atoms. The highest BCUT2D eigenvalue weighted by Crippen LogP contribution is 2.37. The summed E-state index contributed by atoms with van der Waals surface area (Å²) in [7, 11) is 0. The minimum absolute atomic E-state index is 0.0159. The van der Waals surface area contributed by atoms with Crippen LogP contribution in [0.1, 0.15) is 48.4 Å². The van der Waals surface area contributed by atoms with Crippen molar-refractivity contribution in [2.45, 2.75) is 51.6 Å². The van der Waals surface area contributed by atoms with Crippen molar-refractivity contribution in [3.8, 4) is 0 Å². The summed E-state index contributed by atoms with van der Waals surface area (Å²) >= 11 is 1.73. The predicted octanol–water partition coefficient (Wildman–Crippen LogP) is 3.51. The van der Waals surface area contributed by atoms with Gasteiger partial charge in [-0.25, -0.2) is 4.98 Å². The van der Waals surface area contributed by atoms with Crippen molar-refractivity contribution in [2.24, 2.45) is 5.92 Å². The van der Waals surface area contributed by atoms with E-state index in [9.17, 15) is 4.79 Å². The third-order valence-corrected chi connectivity index (χ3v) is 7.00. The standard InChI is InChI=1S/C20H23N5OS/c1-13-22-23-18-10-9-14(12-25(13)18)20(26)24-11-5-4-7-16(24)19-21-15-6-2-3-8-17(15)27-19/h2-3,6,8,14,16H,4-5,7,9-12H2,1H3/t14-,16-/m1/s1. The minimum atomic E-state index is 0.0159. The average molecular weight is 382 g/mol. The highest BCUT2D eigenvalue weighted by Gasteiger charge is 2.36. The molecule has 27 heavy (non-hydrogen) atoms. The molecule has 1 fully saturated rings. The molecule has 4 heterocycles. The van der Waals surface area contributed by atoms with Crippen LogP contribution in [-0.2, 0) is 17.8 Å². The molecule has 140 valence electrons. The Balaban J connectivity index is 1.42. The van der Waals surface area contributed by atoms with E-state index in [-0.39, 0.29) is 17.9 Å². The molecule has 2 aliphatic rings. The van der Waals surface area contributed by atoms with Gasteiger partial charge in [-0.1, -0.05) is 12.1 Å². The zero-order valence-corrected chi connectivity index (χ0v) is 16.3. The van der Waals surface area contributed by atoms with Gasteiger partial charge in [0.05, 0.1) is 22.2 Å². The van der Waals surface area contributed by atoms with Gasteiger partial charge in [-0.3, -0.25) is 4.79 Å². The SMILES string of the molecule is Cc1nnc2n1C[C@H](C(=O)N1CCCC[C@@H]1c1nc3ccccc3s1)CC2. The van der Waals surface area contributed by atoms with E-state index < -0.39 is 0 Å². The quantitative estimate of drug-likeness (QED) is 0.681. The predicted molar refractivity (Wildman–Crippen MR) is 104 cm³/mol. The molecule has 5 rings (SSSR count). The van der Waals surface area contributed by atoms with Crippen molar-refractivity contribution in [3.63, 3.8) is 0 Å². The number of fused-ring (bicyclic) bond motifs is 2. The molecule has 0 spiro atoms. The number of aryl methyl sites for hydroxylation is 2. The van der Waals surface area contributed by atoms with E-state index in [1.54, 1.807) is 11.3 Å². The number of hydrogen-bond acceptors (Lipinski definition) is 5. The summed E-state index contributed by atoms with van der Waals surface area (Å²) in [5.74, 6) is 2.21. The van der Waals surface area contributed by atoms with Crippen LogP contribution in [0.2, 0.25) is 0 Å². The first-order valence-corrected chi connectivity index (χ1v) is 10.6. The zero-order valence-electron chi connectivity index (χ0n) is 15.5. The number of amides is 1. The van der Waals surface area contributed by atoms with Gasteiger partial charge < -0.3 is 9.47 Å². The Bertz CT molecular complexity index is 960. The van der Waals surface area contributed by atoms with Crippen molar-refractivity contribution in [3.05, 3.63) is 40.9 Å². The summed E-state index contributed by atoms with van der Waals surface area (Å²) in [6.07, 6.45) is 4.94. The van der Waals surface area contributed by atoms with E-state index >= 15 is 0 Å². The number of benzene rings is 1. The second-order valence-electron chi connectivity index (χ2n) is 7.57. The number of rotatable bonds is 2. The summed E-state index contributed by atoms with van der Waals surface area (Å²) in [6, 6.07) is 8.36. The third kappa shape index (κ3) is 2.94. The molecule has 7 heteroatoms. The lowest BCUT2D eigenvalue weighted by Crippen LogP contribution is -2.44. The van der Waals surface area contributed by atoms with E-state index in [2.05, 4.69) is 37.9 Å². The molecule has 1 saturated heterocycles. The van der Waals surface area contributed by atoms with Gasteiger partial charge in [0.15, 0.2) is 0 Å². The maximum Gasteiger partial charge on any atom is 0.228 e. The number of para-hydroxylation sites is 1. The van der Waals surface area contributed by atoms with Gasteiger partial charge in [-0.05, 0) is 44.7 Å². The number of thiazole rings is 1. The molecule has 2 aromatic heterocycles. The Labute approximate surface area is 162 Å². The van der Waals surface area contributed by atoms with E-state index in [1.807, 2.05) is 13.0 Å². The summed E-state index contributed by atoms with van der Waals surface area (Å²) in [5, 5.41) is 9.48. The van der Waals surface area contributed by atoms with Gasteiger partial charge in [0.2, 0.25) is 5.91 Å². The van der Waals surface area contributed by atoms with E-state index in [1.165, 1.54) is 4.70 Å². The number of hydrogen-bond donors (Lipinski definition) is 0. The first-order valence-electron chi connectivity index (χ1n) is 9.75. The van der Waals surface area contributed by atoms with Gasteiger partial charge in [-0.15, -0.1) is 21.5 Å². The molecule has 0 aliphatic carbocycles. The number of aromatic nitrogens is 4. The van der Waals surface area contributed by atoms with Gasteiger partial charge in [0.25, 0.3) is 0 Å². The average Bonchev–Trinajstić information content (AvgIpc) is 3.31. The van der Waals surface area contributed by atoms with E-state index in [0.717, 1.165) is 60.8 Å². The van der Waals surface area contributed by atoms with Gasteiger partial charge in [-0.2, -0.15) is 0 Å². The molecule has 1 aromatic carbocycles. The van der Waals surface area contributed by atoms with Crippen LogP contribution in [0.25, 0.3) is 10.2 Å². The fourth-order valence-corrected chi connectivity index (χ4v) is 5.50. The smallest absolute Gasteiger partial charge is 0.228 e. The number of nitrogens with zero attached hydrogens (tertiary/aromatic N) is 5. The topological polar surface area (TPSA) is 63.9 Å². The molecular formula is C20H23N5OS. The maximum atomic E-state index is 13.4. The van der Waals surface area contributed by atoms with Crippen molar-refractivity contribution in [2.75, 3.05) is 6.54 Å². The summed E-state index contributed by atoms with van der Waals surface area (Å²) in [4.78, 5) is 20.4. The minimum Gasteiger partial charge on any atom is -0.333 e. The van der Waals surface area contributed by atoms with Crippen molar-refractivity contribution in [1.82, 2.24) is 24.6 Å². The largest absolute Gasteiger partial charge is 0.333 e. The lowest BCUT2D eigenvalue weighted by Gasteiger charge is -2.37. The fraction of sp³-hybridized carbons (Fsp3) is 0.500. The molecule has 3 aromatic rings. The van der Waals surface area contributed by atoms with Crippen LogP contribution in [0.4, 0.5) is 0 Å². The van der Waals surface area contributed by atoms with E-state index in [4.69, 9.17) is 4.98 Å². The maximum absolute atomic E-state index is 13.4.